The molecule has 0 aromatic heterocycles. The van der Waals surface area contributed by atoms with Crippen LogP contribution in [0.15, 0.2) is 18.2 Å². The Morgan fingerprint density at radius 3 is 2.69 bits per heavy atom. The molecule has 0 amide bonds. The number of halogens is 2. The molecule has 0 saturated heterocycles. The zero-order valence-electron chi connectivity index (χ0n) is 9.59. The van der Waals surface area contributed by atoms with Gasteiger partial charge in [0.25, 0.3) is 0 Å². The summed E-state index contributed by atoms with van der Waals surface area (Å²) < 4.78 is 5.53. The number of nitrogens with one attached hydrogen (secondary N) is 1. The summed E-state index contributed by atoms with van der Waals surface area (Å²) in [5, 5.41) is 4.41. The van der Waals surface area contributed by atoms with Crippen LogP contribution in [0.5, 0.6) is 5.75 Å². The van der Waals surface area contributed by atoms with Gasteiger partial charge in [-0.2, -0.15) is 0 Å². The Morgan fingerprint density at radius 2 is 2.06 bits per heavy atom. The van der Waals surface area contributed by atoms with Gasteiger partial charge in [-0.25, -0.2) is 0 Å². The predicted molar refractivity (Wildman–Crippen MR) is 69.7 cm³/mol. The highest BCUT2D eigenvalue weighted by Gasteiger charge is 2.00. The molecule has 0 saturated carbocycles. The van der Waals surface area contributed by atoms with E-state index in [9.17, 15) is 0 Å². The molecule has 1 aromatic rings. The van der Waals surface area contributed by atoms with Gasteiger partial charge in [-0.1, -0.05) is 30.1 Å². The van der Waals surface area contributed by atoms with Crippen molar-refractivity contribution in [1.29, 1.82) is 0 Å². The fourth-order valence-electron chi connectivity index (χ4n) is 1.19. The lowest BCUT2D eigenvalue weighted by Gasteiger charge is -2.12. The average Bonchev–Trinajstić information content (AvgIpc) is 2.28. The van der Waals surface area contributed by atoms with E-state index in [2.05, 4.69) is 19.2 Å². The molecule has 0 fully saturated rings. The monoisotopic (exact) mass is 261 g/mol. The summed E-state index contributed by atoms with van der Waals surface area (Å²) in [6.07, 6.45) is 1.12. The topological polar surface area (TPSA) is 21.3 Å². The molecule has 0 radical (unpaired) electrons. The molecule has 16 heavy (non-hydrogen) atoms. The van der Waals surface area contributed by atoms with Crippen LogP contribution in [0.25, 0.3) is 0 Å². The van der Waals surface area contributed by atoms with Crippen molar-refractivity contribution in [3.8, 4) is 5.75 Å². The van der Waals surface area contributed by atoms with Crippen LogP contribution in [-0.4, -0.2) is 19.2 Å². The van der Waals surface area contributed by atoms with Gasteiger partial charge in [-0.3, -0.25) is 0 Å². The lowest BCUT2D eigenvalue weighted by molar-refractivity contribution is 0.306. The molecule has 2 nitrogen and oxygen atoms in total. The maximum atomic E-state index is 5.87. The molecule has 0 heterocycles. The van der Waals surface area contributed by atoms with E-state index in [1.54, 1.807) is 12.1 Å². The molecule has 1 unspecified atom stereocenters. The minimum Gasteiger partial charge on any atom is -0.492 e. The minimum atomic E-state index is 0.522. The van der Waals surface area contributed by atoms with Crippen LogP contribution < -0.4 is 10.1 Å². The Labute approximate surface area is 107 Å². The third-order valence-electron chi connectivity index (χ3n) is 2.37. The molecule has 0 aliphatic rings. The first kappa shape index (κ1) is 13.6. The summed E-state index contributed by atoms with van der Waals surface area (Å²) in [5.74, 6) is 0.750. The lowest BCUT2D eigenvalue weighted by atomic mass is 10.3. The van der Waals surface area contributed by atoms with Gasteiger partial charge in [-0.05, 0) is 25.5 Å². The van der Waals surface area contributed by atoms with Crippen LogP contribution in [0.2, 0.25) is 10.0 Å². The van der Waals surface area contributed by atoms with Gasteiger partial charge in [-0.15, -0.1) is 0 Å². The van der Waals surface area contributed by atoms with Crippen LogP contribution in [0.1, 0.15) is 20.3 Å². The van der Waals surface area contributed by atoms with E-state index in [0.29, 0.717) is 22.7 Å². The second-order valence-electron chi connectivity index (χ2n) is 3.69. The summed E-state index contributed by atoms with van der Waals surface area (Å²) in [4.78, 5) is 0. The van der Waals surface area contributed by atoms with Gasteiger partial charge in [0.15, 0.2) is 0 Å². The molecule has 0 aliphatic heterocycles. The van der Waals surface area contributed by atoms with Crippen molar-refractivity contribution in [3.05, 3.63) is 28.2 Å². The van der Waals surface area contributed by atoms with Gasteiger partial charge in [0.05, 0.1) is 10.0 Å². The van der Waals surface area contributed by atoms with Crippen LogP contribution in [0, 0.1) is 0 Å². The van der Waals surface area contributed by atoms with Crippen molar-refractivity contribution in [2.24, 2.45) is 0 Å². The number of rotatable bonds is 6. The Hall–Kier alpha value is -0.440. The van der Waals surface area contributed by atoms with E-state index in [0.717, 1.165) is 18.7 Å². The smallest absolute Gasteiger partial charge is 0.120 e. The minimum absolute atomic E-state index is 0.522. The van der Waals surface area contributed by atoms with Gasteiger partial charge in [0, 0.05) is 18.7 Å². The molecular formula is C12H17Cl2NO. The van der Waals surface area contributed by atoms with Crippen molar-refractivity contribution < 1.29 is 4.74 Å². The molecule has 90 valence electrons. The fraction of sp³-hybridized carbons (Fsp3) is 0.500. The van der Waals surface area contributed by atoms with Crippen molar-refractivity contribution in [3.63, 3.8) is 0 Å². The van der Waals surface area contributed by atoms with E-state index in [-0.39, 0.29) is 0 Å². The third kappa shape index (κ3) is 4.60. The fourth-order valence-corrected chi connectivity index (χ4v) is 1.47. The summed E-state index contributed by atoms with van der Waals surface area (Å²) in [7, 11) is 0. The lowest BCUT2D eigenvalue weighted by Crippen LogP contribution is -2.29. The summed E-state index contributed by atoms with van der Waals surface area (Å²) >= 11 is 11.7. The van der Waals surface area contributed by atoms with E-state index in [4.69, 9.17) is 27.9 Å². The maximum Gasteiger partial charge on any atom is 0.120 e. The third-order valence-corrected chi connectivity index (χ3v) is 3.11. The van der Waals surface area contributed by atoms with E-state index < -0.39 is 0 Å². The quantitative estimate of drug-likeness (QED) is 0.788. The summed E-state index contributed by atoms with van der Waals surface area (Å²) in [6, 6.07) is 5.81. The zero-order chi connectivity index (χ0) is 12.0. The van der Waals surface area contributed by atoms with Crippen LogP contribution in [-0.2, 0) is 0 Å². The van der Waals surface area contributed by atoms with Gasteiger partial charge < -0.3 is 10.1 Å². The number of hydrogen-bond acceptors (Lipinski definition) is 2. The number of ether oxygens (including phenoxy) is 1. The van der Waals surface area contributed by atoms with Gasteiger partial charge >= 0.3 is 0 Å². The SMILES string of the molecule is CCC(C)NCCOc1ccc(Cl)c(Cl)c1. The highest BCUT2D eigenvalue weighted by molar-refractivity contribution is 6.42. The largest absolute Gasteiger partial charge is 0.492 e. The van der Waals surface area contributed by atoms with Crippen LogP contribution in [0.3, 0.4) is 0 Å². The van der Waals surface area contributed by atoms with Gasteiger partial charge in [0.1, 0.15) is 12.4 Å². The molecule has 1 aromatic carbocycles. The predicted octanol–water partition coefficient (Wildman–Crippen LogP) is 3.76. The van der Waals surface area contributed by atoms with Crippen molar-refractivity contribution >= 4 is 23.2 Å². The molecular weight excluding hydrogens is 245 g/mol. The molecule has 4 heteroatoms. The Morgan fingerprint density at radius 1 is 1.31 bits per heavy atom. The van der Waals surface area contributed by atoms with Crippen molar-refractivity contribution in [1.82, 2.24) is 5.32 Å². The Balaban J connectivity index is 2.29. The second kappa shape index (κ2) is 7.00. The summed E-state index contributed by atoms with van der Waals surface area (Å²) in [6.45, 7) is 5.76. The van der Waals surface area contributed by atoms with Crippen LogP contribution >= 0.6 is 23.2 Å². The molecule has 0 aliphatic carbocycles. The van der Waals surface area contributed by atoms with Crippen LogP contribution in [0.4, 0.5) is 0 Å². The molecule has 1 rings (SSSR count). The molecule has 0 bridgehead atoms. The first-order valence-corrected chi connectivity index (χ1v) is 6.20. The van der Waals surface area contributed by atoms with Crippen molar-refractivity contribution in [2.45, 2.75) is 26.3 Å². The van der Waals surface area contributed by atoms with E-state index in [1.807, 2.05) is 6.07 Å². The first-order valence-electron chi connectivity index (χ1n) is 5.44. The molecule has 1 N–H and O–H groups in total. The van der Waals surface area contributed by atoms with E-state index >= 15 is 0 Å². The average molecular weight is 262 g/mol. The second-order valence-corrected chi connectivity index (χ2v) is 4.50. The number of benzene rings is 1. The maximum absolute atomic E-state index is 5.87. The number of hydrogen-bond donors (Lipinski definition) is 1. The zero-order valence-corrected chi connectivity index (χ0v) is 11.1. The highest BCUT2D eigenvalue weighted by Crippen LogP contribution is 2.26. The Bertz CT molecular complexity index is 331. The van der Waals surface area contributed by atoms with Crippen molar-refractivity contribution in [2.75, 3.05) is 13.2 Å². The summed E-state index contributed by atoms with van der Waals surface area (Å²) in [5.41, 5.74) is 0. The van der Waals surface area contributed by atoms with Gasteiger partial charge in [0.2, 0.25) is 0 Å². The Kier molecular flexibility index (Phi) is 5.96. The molecule has 1 atom stereocenters. The normalized spacial score (nSPS) is 12.5. The highest BCUT2D eigenvalue weighted by atomic mass is 35.5. The standard InChI is InChI=1S/C12H17Cl2NO/c1-3-9(2)15-6-7-16-10-4-5-11(13)12(14)8-10/h4-5,8-9,15H,3,6-7H2,1-2H3. The van der Waals surface area contributed by atoms with E-state index in [1.165, 1.54) is 0 Å². The molecule has 0 spiro atoms. The first-order chi connectivity index (χ1) is 7.63.